The van der Waals surface area contributed by atoms with Gasteiger partial charge in [0.15, 0.2) is 0 Å². The van der Waals surface area contributed by atoms with Crippen LogP contribution in [0.4, 0.5) is 0 Å². The van der Waals surface area contributed by atoms with Gasteiger partial charge in [0.1, 0.15) is 17.4 Å². The highest BCUT2D eigenvalue weighted by atomic mass is 35.5. The van der Waals surface area contributed by atoms with Gasteiger partial charge < -0.3 is 9.84 Å². The summed E-state index contributed by atoms with van der Waals surface area (Å²) in [6.07, 6.45) is 0. The lowest BCUT2D eigenvalue weighted by Gasteiger charge is -2.07. The third kappa shape index (κ3) is 2.20. The normalized spacial score (nSPS) is 9.40. The molecule has 5 heteroatoms. The van der Waals surface area contributed by atoms with E-state index in [1.54, 1.807) is 12.1 Å². The highest BCUT2D eigenvalue weighted by Crippen LogP contribution is 2.24. The Balaban J connectivity index is 3.48. The summed E-state index contributed by atoms with van der Waals surface area (Å²) in [6, 6.07) is 4.72. The first kappa shape index (κ1) is 11.3. The van der Waals surface area contributed by atoms with E-state index < -0.39 is 5.97 Å². The van der Waals surface area contributed by atoms with Crippen LogP contribution in [0.5, 0.6) is 5.75 Å². The quantitative estimate of drug-likeness (QED) is 0.799. The fourth-order valence-electron chi connectivity index (χ4n) is 1.19. The molecule has 0 aliphatic carbocycles. The smallest absolute Gasteiger partial charge is 0.337 e. The number of ether oxygens (including phenoxy) is 1. The summed E-state index contributed by atoms with van der Waals surface area (Å²) < 4.78 is 4.93. The number of methoxy groups -OCH3 is 1. The molecule has 1 N–H and O–H groups in total. The minimum Gasteiger partial charge on any atom is -0.495 e. The number of aromatic carboxylic acids is 1. The number of halogens is 1. The molecule has 1 aromatic carbocycles. The molecule has 0 aliphatic rings. The van der Waals surface area contributed by atoms with Gasteiger partial charge in [-0.3, -0.25) is 0 Å². The number of hydrogen-bond acceptors (Lipinski definition) is 3. The molecule has 0 saturated heterocycles. The van der Waals surface area contributed by atoms with E-state index >= 15 is 0 Å². The number of carbonyl (C=O) groups is 1. The van der Waals surface area contributed by atoms with Gasteiger partial charge in [-0.05, 0) is 17.7 Å². The fourth-order valence-corrected chi connectivity index (χ4v) is 1.35. The number of carboxylic acid groups (broad SMARTS) is 1. The van der Waals surface area contributed by atoms with Crippen LogP contribution in [-0.4, -0.2) is 18.2 Å². The Morgan fingerprint density at radius 3 is 2.73 bits per heavy atom. The van der Waals surface area contributed by atoms with E-state index in [0.717, 1.165) is 0 Å². The molecule has 0 bridgehead atoms. The Labute approximate surface area is 91.7 Å². The van der Waals surface area contributed by atoms with Gasteiger partial charge in [0.2, 0.25) is 0 Å². The van der Waals surface area contributed by atoms with Crippen molar-refractivity contribution in [3.8, 4) is 11.8 Å². The third-order valence-electron chi connectivity index (χ3n) is 1.88. The molecule has 0 fully saturated rings. The van der Waals surface area contributed by atoms with Crippen LogP contribution in [0.2, 0.25) is 0 Å². The molecule has 1 rings (SSSR count). The maximum absolute atomic E-state index is 10.9. The summed E-state index contributed by atoms with van der Waals surface area (Å²) in [4.78, 5) is 10.9. The highest BCUT2D eigenvalue weighted by Gasteiger charge is 2.16. The van der Waals surface area contributed by atoms with Crippen LogP contribution in [0.15, 0.2) is 12.1 Å². The molecule has 0 aromatic heterocycles. The molecule has 0 heterocycles. The molecule has 78 valence electrons. The van der Waals surface area contributed by atoms with E-state index in [1.165, 1.54) is 13.2 Å². The summed E-state index contributed by atoms with van der Waals surface area (Å²) >= 11 is 5.60. The molecule has 15 heavy (non-hydrogen) atoms. The first-order valence-electron chi connectivity index (χ1n) is 4.04. The van der Waals surface area contributed by atoms with Gasteiger partial charge in [0.25, 0.3) is 0 Å². The number of nitrogens with zero attached hydrogens (tertiary/aromatic N) is 1. The summed E-state index contributed by atoms with van der Waals surface area (Å²) in [7, 11) is 1.37. The van der Waals surface area contributed by atoms with Gasteiger partial charge in [0.05, 0.1) is 12.7 Å². The van der Waals surface area contributed by atoms with Crippen molar-refractivity contribution in [3.63, 3.8) is 0 Å². The summed E-state index contributed by atoms with van der Waals surface area (Å²) in [5.41, 5.74) is 0.524. The predicted octanol–water partition coefficient (Wildman–Crippen LogP) is 2.00. The summed E-state index contributed by atoms with van der Waals surface area (Å²) in [5.74, 6) is -0.771. The molecule has 0 unspecified atom stereocenters. The Hall–Kier alpha value is -1.73. The average Bonchev–Trinajstić information content (AvgIpc) is 2.26. The van der Waals surface area contributed by atoms with E-state index in [9.17, 15) is 4.79 Å². The molecule has 0 radical (unpaired) electrons. The van der Waals surface area contributed by atoms with Gasteiger partial charge in [-0.1, -0.05) is 0 Å². The van der Waals surface area contributed by atoms with Crippen LogP contribution in [0.3, 0.4) is 0 Å². The molecular formula is C10H8ClNO3. The van der Waals surface area contributed by atoms with Crippen LogP contribution >= 0.6 is 11.6 Å². The lowest BCUT2D eigenvalue weighted by Crippen LogP contribution is -2.03. The first-order chi connectivity index (χ1) is 7.13. The second kappa shape index (κ2) is 4.67. The largest absolute Gasteiger partial charge is 0.495 e. The number of benzene rings is 1. The second-order valence-electron chi connectivity index (χ2n) is 2.77. The van der Waals surface area contributed by atoms with Gasteiger partial charge in [0, 0.05) is 5.88 Å². The third-order valence-corrected chi connectivity index (χ3v) is 2.19. The number of hydrogen-bond donors (Lipinski definition) is 1. The van der Waals surface area contributed by atoms with E-state index in [1.807, 2.05) is 0 Å². The van der Waals surface area contributed by atoms with Crippen molar-refractivity contribution in [2.75, 3.05) is 7.11 Å². The van der Waals surface area contributed by atoms with E-state index in [2.05, 4.69) is 0 Å². The topological polar surface area (TPSA) is 70.3 Å². The van der Waals surface area contributed by atoms with Gasteiger partial charge in [-0.15, -0.1) is 11.6 Å². The van der Waals surface area contributed by atoms with Crippen molar-refractivity contribution in [2.45, 2.75) is 5.88 Å². The van der Waals surface area contributed by atoms with Crippen molar-refractivity contribution in [3.05, 3.63) is 28.8 Å². The summed E-state index contributed by atoms with van der Waals surface area (Å²) in [6.45, 7) is 0. The molecular weight excluding hydrogens is 218 g/mol. The van der Waals surface area contributed by atoms with E-state index in [-0.39, 0.29) is 22.8 Å². The van der Waals surface area contributed by atoms with Gasteiger partial charge in [-0.2, -0.15) is 5.26 Å². The highest BCUT2D eigenvalue weighted by molar-refractivity contribution is 6.17. The van der Waals surface area contributed by atoms with Crippen molar-refractivity contribution in [1.82, 2.24) is 0 Å². The first-order valence-corrected chi connectivity index (χ1v) is 4.57. The predicted molar refractivity (Wildman–Crippen MR) is 54.2 cm³/mol. The van der Waals surface area contributed by atoms with Crippen LogP contribution in [-0.2, 0) is 5.88 Å². The number of carboxylic acids is 1. The van der Waals surface area contributed by atoms with Crippen LogP contribution in [0.1, 0.15) is 21.5 Å². The van der Waals surface area contributed by atoms with Crippen molar-refractivity contribution < 1.29 is 14.6 Å². The number of nitriles is 1. The zero-order chi connectivity index (χ0) is 11.4. The van der Waals surface area contributed by atoms with E-state index in [0.29, 0.717) is 5.56 Å². The lowest BCUT2D eigenvalue weighted by molar-refractivity contribution is 0.0696. The Bertz CT molecular complexity index is 437. The standard InChI is InChI=1S/C10H8ClNO3/c1-15-9-3-6(4-11)2-7(10(13)14)8(9)5-12/h2-3H,4H2,1H3,(H,13,14). The minimum atomic E-state index is -1.17. The Morgan fingerprint density at radius 1 is 1.67 bits per heavy atom. The molecule has 1 aromatic rings. The van der Waals surface area contributed by atoms with E-state index in [4.69, 9.17) is 26.7 Å². The zero-order valence-electron chi connectivity index (χ0n) is 7.95. The molecule has 0 atom stereocenters. The number of rotatable bonds is 3. The fraction of sp³-hybridized carbons (Fsp3) is 0.200. The van der Waals surface area contributed by atoms with Crippen LogP contribution in [0, 0.1) is 11.3 Å². The van der Waals surface area contributed by atoms with Crippen LogP contribution in [0.25, 0.3) is 0 Å². The molecule has 0 saturated carbocycles. The van der Waals surface area contributed by atoms with Gasteiger partial charge in [-0.25, -0.2) is 4.79 Å². The molecule has 0 spiro atoms. The summed E-state index contributed by atoms with van der Waals surface area (Å²) in [5, 5.41) is 17.7. The maximum Gasteiger partial charge on any atom is 0.337 e. The number of alkyl halides is 1. The Morgan fingerprint density at radius 2 is 2.33 bits per heavy atom. The van der Waals surface area contributed by atoms with Crippen molar-refractivity contribution >= 4 is 17.6 Å². The van der Waals surface area contributed by atoms with Crippen molar-refractivity contribution in [2.24, 2.45) is 0 Å². The monoisotopic (exact) mass is 225 g/mol. The van der Waals surface area contributed by atoms with Crippen LogP contribution < -0.4 is 4.74 Å². The van der Waals surface area contributed by atoms with Gasteiger partial charge >= 0.3 is 5.97 Å². The maximum atomic E-state index is 10.9. The SMILES string of the molecule is COc1cc(CCl)cc(C(=O)O)c1C#N. The Kier molecular flexibility index (Phi) is 3.53. The minimum absolute atomic E-state index is 0.0128. The lowest BCUT2D eigenvalue weighted by atomic mass is 10.0. The second-order valence-corrected chi connectivity index (χ2v) is 3.04. The molecule has 0 amide bonds. The molecule has 0 aliphatic heterocycles. The zero-order valence-corrected chi connectivity index (χ0v) is 8.71. The molecule has 4 nitrogen and oxygen atoms in total. The average molecular weight is 226 g/mol. The van der Waals surface area contributed by atoms with Crippen molar-refractivity contribution in [1.29, 1.82) is 5.26 Å².